The van der Waals surface area contributed by atoms with E-state index in [0.29, 0.717) is 34.8 Å². The van der Waals surface area contributed by atoms with Crippen LogP contribution in [0.4, 0.5) is 20.3 Å². The lowest BCUT2D eigenvalue weighted by Gasteiger charge is -2.36. The lowest BCUT2D eigenvalue weighted by Crippen LogP contribution is -2.44. The number of alkyl halides is 2. The molecule has 1 aliphatic carbocycles. The van der Waals surface area contributed by atoms with E-state index in [0.717, 1.165) is 76.9 Å². The molecule has 8 heterocycles. The molecular formula is C44H49F2N11O6. The van der Waals surface area contributed by atoms with E-state index in [4.69, 9.17) is 14.5 Å². The molecule has 4 saturated heterocycles. The molecule has 2 bridgehead atoms. The molecule has 4 aromatic heterocycles. The van der Waals surface area contributed by atoms with Crippen molar-refractivity contribution in [1.82, 2.24) is 43.7 Å². The Morgan fingerprint density at radius 1 is 1.06 bits per heavy atom. The van der Waals surface area contributed by atoms with E-state index < -0.39 is 30.0 Å². The first kappa shape index (κ1) is 41.1. The number of aromatic nitrogens is 7. The lowest BCUT2D eigenvalue weighted by atomic mass is 9.85. The molecule has 5 aliphatic rings. The third-order valence-electron chi connectivity index (χ3n) is 13.5. The quantitative estimate of drug-likeness (QED) is 0.154. The van der Waals surface area contributed by atoms with Crippen molar-refractivity contribution < 1.29 is 32.6 Å². The number of likely N-dealkylation sites (tertiary alicyclic amines) is 1. The van der Waals surface area contributed by atoms with Crippen LogP contribution < -0.4 is 21.2 Å². The molecule has 330 valence electrons. The maximum absolute atomic E-state index is 14.3. The smallest absolute Gasteiger partial charge is 0.329 e. The first-order valence-electron chi connectivity index (χ1n) is 21.9. The summed E-state index contributed by atoms with van der Waals surface area (Å²) in [6.07, 6.45) is 8.73. The fraction of sp³-hybridized carbons (Fsp3) is 0.523. The number of amides is 3. The Kier molecular flexibility index (Phi) is 11.1. The van der Waals surface area contributed by atoms with Gasteiger partial charge in [-0.25, -0.2) is 23.1 Å². The van der Waals surface area contributed by atoms with Gasteiger partial charge in [0, 0.05) is 52.0 Å². The van der Waals surface area contributed by atoms with Crippen molar-refractivity contribution in [3.8, 4) is 11.8 Å². The van der Waals surface area contributed by atoms with Crippen molar-refractivity contribution in [2.24, 2.45) is 13.0 Å². The Hall–Kier alpha value is -5.97. The van der Waals surface area contributed by atoms with Gasteiger partial charge in [0.1, 0.15) is 24.0 Å². The highest BCUT2D eigenvalue weighted by molar-refractivity contribution is 6.08. The molecule has 5 fully saturated rings. The molecule has 0 radical (unpaired) electrons. The number of carbonyl (C=O) groups is 3. The molecule has 1 aromatic carbocycles. The molecular weight excluding hydrogens is 817 g/mol. The number of fused-ring (bicyclic) bond motifs is 4. The molecule has 10 rings (SSSR count). The fourth-order valence-corrected chi connectivity index (χ4v) is 10.2. The van der Waals surface area contributed by atoms with E-state index in [1.807, 2.05) is 18.2 Å². The number of morpholine rings is 1. The third kappa shape index (κ3) is 8.00. The number of nitrogens with zero attached hydrogens (tertiary/aromatic N) is 9. The number of ether oxygens (including phenoxy) is 2. The van der Waals surface area contributed by atoms with Crippen LogP contribution in [0.25, 0.3) is 16.7 Å². The number of carbonyl (C=O) groups excluding carboxylic acids is 3. The first-order chi connectivity index (χ1) is 30.6. The lowest BCUT2D eigenvalue weighted by molar-refractivity contribution is -0.135. The number of aryl methyl sites for hydroxylation is 1. The number of benzene rings is 1. The van der Waals surface area contributed by atoms with Gasteiger partial charge >= 0.3 is 5.69 Å². The zero-order valence-electron chi connectivity index (χ0n) is 34.9. The summed E-state index contributed by atoms with van der Waals surface area (Å²) in [6.45, 7) is 4.40. The second-order valence-electron chi connectivity index (χ2n) is 17.4. The number of rotatable bonds is 10. The van der Waals surface area contributed by atoms with Gasteiger partial charge in [-0.15, -0.1) is 0 Å². The van der Waals surface area contributed by atoms with Gasteiger partial charge in [0.25, 0.3) is 12.3 Å². The van der Waals surface area contributed by atoms with E-state index in [2.05, 4.69) is 42.5 Å². The summed E-state index contributed by atoms with van der Waals surface area (Å²) in [6, 6.07) is 6.73. The SMILES string of the molecule is Cn1c(=O)n(C2CCC(=O)NC2=O)c2cccc(C#CCOC3CCN(C[C@H]4CC[C@H](n5cc(NC(=O)c6cnn7ccc(N8C[C@@H]9C[C@H]8CO9)nc67)c(C(F)F)n5)CC4)CC3)c21. The van der Waals surface area contributed by atoms with Crippen LogP contribution in [0, 0.1) is 17.8 Å². The van der Waals surface area contributed by atoms with Crippen LogP contribution in [0.1, 0.15) is 97.9 Å². The Balaban J connectivity index is 0.700. The highest BCUT2D eigenvalue weighted by Crippen LogP contribution is 2.36. The molecule has 4 aliphatic heterocycles. The number of halogens is 2. The number of imidazole rings is 1. The number of para-hydroxylation sites is 1. The van der Waals surface area contributed by atoms with Crippen molar-refractivity contribution in [3.63, 3.8) is 0 Å². The summed E-state index contributed by atoms with van der Waals surface area (Å²) in [5.41, 5.74) is 1.62. The number of anilines is 2. The van der Waals surface area contributed by atoms with E-state index >= 15 is 0 Å². The zero-order chi connectivity index (χ0) is 43.4. The topological polar surface area (TPSA) is 175 Å². The molecule has 19 heteroatoms. The average molecular weight is 866 g/mol. The van der Waals surface area contributed by atoms with Crippen LogP contribution in [-0.4, -0.2) is 114 Å². The summed E-state index contributed by atoms with van der Waals surface area (Å²) in [7, 11) is 1.66. The second kappa shape index (κ2) is 17.0. The van der Waals surface area contributed by atoms with Crippen LogP contribution in [0.3, 0.4) is 0 Å². The van der Waals surface area contributed by atoms with Crippen LogP contribution in [0.15, 0.2) is 47.7 Å². The minimum atomic E-state index is -2.86. The van der Waals surface area contributed by atoms with Crippen molar-refractivity contribution >= 4 is 45.9 Å². The van der Waals surface area contributed by atoms with Crippen LogP contribution in [-0.2, 0) is 26.1 Å². The van der Waals surface area contributed by atoms with Gasteiger partial charge in [-0.3, -0.25) is 33.5 Å². The molecule has 2 N–H and O–H groups in total. The molecule has 1 saturated carbocycles. The standard InChI is InChI=1S/C44H49F2N11O6/c1-52-39-27(4-2-6-34(39)57(44(52)61)35-11-12-37(58)50-43(35)60)5-3-19-62-30-13-16-53(17-14-30)22-26-7-9-28(10-8-26)56-24-33(38(51-56)40(45)46)48-42(59)32-21-47-55-18-15-36(49-41(32)55)54-23-31-20-29(54)25-63-31/h2,4,6,15,18,21,24,26,28-31,35,40H,7-14,16-17,19-20,22-23,25H2,1H3,(H,48,59)(H,50,58,60)/t26-,28-,29-,31-,35?/m0/s1. The van der Waals surface area contributed by atoms with Gasteiger partial charge in [0.15, 0.2) is 11.3 Å². The van der Waals surface area contributed by atoms with Gasteiger partial charge in [0.2, 0.25) is 11.8 Å². The molecule has 17 nitrogen and oxygen atoms in total. The van der Waals surface area contributed by atoms with E-state index in [9.17, 15) is 28.0 Å². The summed E-state index contributed by atoms with van der Waals surface area (Å²) < 4.78 is 46.5. The molecule has 3 amide bonds. The van der Waals surface area contributed by atoms with Crippen LogP contribution in [0.2, 0.25) is 0 Å². The Morgan fingerprint density at radius 2 is 1.89 bits per heavy atom. The summed E-state index contributed by atoms with van der Waals surface area (Å²) in [4.78, 5) is 60.5. The van der Waals surface area contributed by atoms with E-state index in [1.54, 1.807) is 24.0 Å². The minimum absolute atomic E-state index is 0.0104. The van der Waals surface area contributed by atoms with E-state index in [1.165, 1.54) is 26.0 Å². The summed E-state index contributed by atoms with van der Waals surface area (Å²) in [5.74, 6) is 6.11. The summed E-state index contributed by atoms with van der Waals surface area (Å²) in [5, 5.41) is 13.6. The van der Waals surface area contributed by atoms with Gasteiger partial charge in [-0.1, -0.05) is 17.9 Å². The molecule has 5 aromatic rings. The molecule has 1 unspecified atom stereocenters. The largest absolute Gasteiger partial charge is 0.374 e. The average Bonchev–Trinajstić information content (AvgIpc) is 4.13. The number of hydrogen-bond donors (Lipinski definition) is 2. The van der Waals surface area contributed by atoms with Gasteiger partial charge < -0.3 is 24.6 Å². The van der Waals surface area contributed by atoms with Crippen molar-refractivity contribution in [2.45, 2.75) is 94.5 Å². The fourth-order valence-electron chi connectivity index (χ4n) is 10.2. The zero-order valence-corrected chi connectivity index (χ0v) is 34.9. The van der Waals surface area contributed by atoms with E-state index in [-0.39, 0.29) is 66.6 Å². The third-order valence-corrected chi connectivity index (χ3v) is 13.5. The van der Waals surface area contributed by atoms with Gasteiger partial charge in [-0.05, 0) is 75.5 Å². The highest BCUT2D eigenvalue weighted by Gasteiger charge is 2.40. The molecule has 0 spiro atoms. The van der Waals surface area contributed by atoms with Gasteiger partial charge in [0.05, 0.1) is 59.4 Å². The predicted molar refractivity (Wildman–Crippen MR) is 226 cm³/mol. The highest BCUT2D eigenvalue weighted by atomic mass is 19.3. The molecule has 63 heavy (non-hydrogen) atoms. The maximum atomic E-state index is 14.3. The second-order valence-corrected chi connectivity index (χ2v) is 17.4. The monoisotopic (exact) mass is 865 g/mol. The minimum Gasteiger partial charge on any atom is -0.374 e. The maximum Gasteiger partial charge on any atom is 0.329 e. The van der Waals surface area contributed by atoms with Crippen molar-refractivity contribution in [2.75, 3.05) is 49.6 Å². The van der Waals surface area contributed by atoms with Crippen LogP contribution >= 0.6 is 0 Å². The normalized spacial score (nSPS) is 24.4. The number of hydrogen-bond acceptors (Lipinski definition) is 11. The number of nitrogens with one attached hydrogen (secondary N) is 2. The Morgan fingerprint density at radius 3 is 2.63 bits per heavy atom. The predicted octanol–water partition coefficient (Wildman–Crippen LogP) is 3.99. The summed E-state index contributed by atoms with van der Waals surface area (Å²) >= 11 is 0. The van der Waals surface area contributed by atoms with Gasteiger partial charge in [-0.2, -0.15) is 10.2 Å². The Labute approximate surface area is 360 Å². The molecule has 3 atom stereocenters. The number of imide groups is 1. The van der Waals surface area contributed by atoms with Crippen molar-refractivity contribution in [3.05, 3.63) is 70.2 Å². The first-order valence-corrected chi connectivity index (χ1v) is 21.9. The van der Waals surface area contributed by atoms with Crippen LogP contribution in [0.5, 0.6) is 0 Å². The Bertz CT molecular complexity index is 2700. The van der Waals surface area contributed by atoms with Crippen molar-refractivity contribution in [1.29, 1.82) is 0 Å². The number of piperidine rings is 2.